The largest absolute Gasteiger partial charge is 0.444 e. The average molecular weight is 575 g/mol. The number of carbonyl (C=O) groups is 2. The molecule has 2 aliphatic rings. The quantitative estimate of drug-likeness (QED) is 0.331. The SMILES string of the molecule is C=c1ccc(Cl)c/c1=C(\C#Cc1ccc(C(=O)N2CCC3(CCN(C(=O)OC(C)(C)C)CC3)CC2)cc1)C(N)=NC. The Morgan fingerprint density at radius 2 is 1.59 bits per heavy atom. The maximum absolute atomic E-state index is 13.3. The minimum Gasteiger partial charge on any atom is -0.444 e. The van der Waals surface area contributed by atoms with Crippen LogP contribution < -0.4 is 16.2 Å². The number of benzene rings is 2. The molecule has 8 heteroatoms. The molecule has 2 aromatic rings. The van der Waals surface area contributed by atoms with E-state index in [0.717, 1.165) is 41.7 Å². The first kappa shape index (κ1) is 30.2. The van der Waals surface area contributed by atoms with Crippen molar-refractivity contribution >= 4 is 41.6 Å². The third-order valence-electron chi connectivity index (χ3n) is 7.89. The number of ether oxygens (including phenoxy) is 1. The average Bonchev–Trinajstić information content (AvgIpc) is 2.94. The molecule has 0 atom stereocenters. The zero-order chi connectivity index (χ0) is 29.8. The number of carbonyl (C=O) groups excluding carboxylic acids is 2. The number of piperidine rings is 2. The number of rotatable bonds is 2. The number of amidine groups is 1. The second-order valence-corrected chi connectivity index (χ2v) is 12.3. The smallest absolute Gasteiger partial charge is 0.410 e. The summed E-state index contributed by atoms with van der Waals surface area (Å²) < 4.78 is 5.54. The van der Waals surface area contributed by atoms with Crippen LogP contribution in [0.3, 0.4) is 0 Å². The Balaban J connectivity index is 1.39. The molecule has 0 aromatic heterocycles. The number of nitrogens with zero attached hydrogens (tertiary/aromatic N) is 3. The molecule has 0 radical (unpaired) electrons. The lowest BCUT2D eigenvalue weighted by molar-refractivity contribution is -0.00113. The number of amides is 2. The van der Waals surface area contributed by atoms with Crippen LogP contribution in [-0.4, -0.2) is 66.5 Å². The fraction of sp³-hybridized carbons (Fsp3) is 0.424. The second-order valence-electron chi connectivity index (χ2n) is 11.9. The Morgan fingerprint density at radius 3 is 2.15 bits per heavy atom. The minimum absolute atomic E-state index is 0.0285. The van der Waals surface area contributed by atoms with Gasteiger partial charge in [-0.2, -0.15) is 0 Å². The minimum atomic E-state index is -0.490. The molecule has 4 rings (SSSR count). The van der Waals surface area contributed by atoms with Gasteiger partial charge in [0.25, 0.3) is 5.91 Å². The third kappa shape index (κ3) is 7.51. The molecule has 2 aromatic carbocycles. The highest BCUT2D eigenvalue weighted by molar-refractivity contribution is 6.30. The summed E-state index contributed by atoms with van der Waals surface area (Å²) in [6, 6.07) is 12.7. The van der Waals surface area contributed by atoms with Crippen molar-refractivity contribution in [3.63, 3.8) is 0 Å². The van der Waals surface area contributed by atoms with E-state index >= 15 is 0 Å². The fourth-order valence-electron chi connectivity index (χ4n) is 5.35. The second kappa shape index (κ2) is 12.4. The number of halogens is 1. The van der Waals surface area contributed by atoms with Crippen LogP contribution in [-0.2, 0) is 4.74 Å². The lowest BCUT2D eigenvalue weighted by Crippen LogP contribution is -2.50. The highest BCUT2D eigenvalue weighted by atomic mass is 35.5. The van der Waals surface area contributed by atoms with Gasteiger partial charge >= 0.3 is 6.09 Å². The molecule has 2 saturated heterocycles. The molecule has 1 spiro atoms. The number of nitrogens with two attached hydrogens (primary N) is 1. The first-order valence-electron chi connectivity index (χ1n) is 14.0. The van der Waals surface area contributed by atoms with E-state index in [-0.39, 0.29) is 17.4 Å². The van der Waals surface area contributed by atoms with Gasteiger partial charge in [0.2, 0.25) is 0 Å². The third-order valence-corrected chi connectivity index (χ3v) is 8.12. The van der Waals surface area contributed by atoms with Crippen molar-refractivity contribution in [3.8, 4) is 11.8 Å². The van der Waals surface area contributed by atoms with Crippen molar-refractivity contribution in [1.82, 2.24) is 9.80 Å². The number of likely N-dealkylation sites (tertiary alicyclic amines) is 2. The molecule has 2 aliphatic heterocycles. The van der Waals surface area contributed by atoms with E-state index in [4.69, 9.17) is 22.1 Å². The van der Waals surface area contributed by atoms with Crippen LogP contribution in [0.4, 0.5) is 4.79 Å². The van der Waals surface area contributed by atoms with E-state index in [0.29, 0.717) is 48.2 Å². The summed E-state index contributed by atoms with van der Waals surface area (Å²) in [4.78, 5) is 33.6. The number of hydrogen-bond acceptors (Lipinski definition) is 4. The molecular formula is C33H39ClN4O3. The molecule has 216 valence electrons. The van der Waals surface area contributed by atoms with Crippen LogP contribution in [0.2, 0.25) is 5.02 Å². The molecule has 2 fully saturated rings. The van der Waals surface area contributed by atoms with Gasteiger partial charge in [-0.1, -0.05) is 36.1 Å². The Morgan fingerprint density at radius 1 is 1.00 bits per heavy atom. The van der Waals surface area contributed by atoms with Gasteiger partial charge in [-0.3, -0.25) is 9.79 Å². The zero-order valence-electron chi connectivity index (χ0n) is 24.4. The first-order valence-corrected chi connectivity index (χ1v) is 14.4. The molecule has 2 heterocycles. The molecule has 0 bridgehead atoms. The number of aliphatic imine (C=N–C) groups is 1. The van der Waals surface area contributed by atoms with E-state index in [2.05, 4.69) is 23.4 Å². The van der Waals surface area contributed by atoms with E-state index < -0.39 is 5.60 Å². The first-order chi connectivity index (χ1) is 19.4. The van der Waals surface area contributed by atoms with Crippen LogP contribution in [0.15, 0.2) is 47.5 Å². The Kier molecular flexibility index (Phi) is 9.14. The van der Waals surface area contributed by atoms with Crippen LogP contribution >= 0.6 is 11.6 Å². The summed E-state index contributed by atoms with van der Waals surface area (Å²) in [6.45, 7) is 12.6. The van der Waals surface area contributed by atoms with Gasteiger partial charge in [0.05, 0.1) is 5.57 Å². The summed E-state index contributed by atoms with van der Waals surface area (Å²) in [5.41, 5.74) is 7.78. The predicted octanol–water partition coefficient (Wildman–Crippen LogP) is 4.19. The highest BCUT2D eigenvalue weighted by Gasteiger charge is 2.40. The van der Waals surface area contributed by atoms with E-state index in [9.17, 15) is 9.59 Å². The van der Waals surface area contributed by atoms with Gasteiger partial charge in [-0.15, -0.1) is 0 Å². The molecular weight excluding hydrogens is 536 g/mol. The van der Waals surface area contributed by atoms with Crippen LogP contribution in [0.1, 0.15) is 62.4 Å². The fourth-order valence-corrected chi connectivity index (χ4v) is 5.52. The molecule has 0 unspecified atom stereocenters. The maximum Gasteiger partial charge on any atom is 0.410 e. The predicted molar refractivity (Wildman–Crippen MR) is 165 cm³/mol. The summed E-state index contributed by atoms with van der Waals surface area (Å²) in [5.74, 6) is 6.58. The van der Waals surface area contributed by atoms with E-state index in [1.165, 1.54) is 0 Å². The van der Waals surface area contributed by atoms with E-state index in [1.54, 1.807) is 19.2 Å². The zero-order valence-corrected chi connectivity index (χ0v) is 25.2. The Labute approximate surface area is 247 Å². The summed E-state index contributed by atoms with van der Waals surface area (Å²) in [7, 11) is 1.61. The van der Waals surface area contributed by atoms with Crippen molar-refractivity contribution in [2.45, 2.75) is 52.1 Å². The molecule has 2 amide bonds. The van der Waals surface area contributed by atoms with Crippen molar-refractivity contribution < 1.29 is 14.3 Å². The Hall–Kier alpha value is -3.76. The maximum atomic E-state index is 13.3. The summed E-state index contributed by atoms with van der Waals surface area (Å²) in [6.07, 6.45) is 3.54. The van der Waals surface area contributed by atoms with Gasteiger partial charge in [-0.05, 0) is 93.5 Å². The molecule has 7 nitrogen and oxygen atoms in total. The Bertz CT molecular complexity index is 1490. The number of hydrogen-bond donors (Lipinski definition) is 1. The van der Waals surface area contributed by atoms with Gasteiger partial charge in [0.1, 0.15) is 11.4 Å². The van der Waals surface area contributed by atoms with Gasteiger partial charge in [-0.25, -0.2) is 4.79 Å². The van der Waals surface area contributed by atoms with Crippen LogP contribution in [0.5, 0.6) is 0 Å². The molecule has 2 N–H and O–H groups in total. The van der Waals surface area contributed by atoms with Crippen molar-refractivity contribution in [1.29, 1.82) is 0 Å². The van der Waals surface area contributed by atoms with Crippen LogP contribution in [0.25, 0.3) is 12.2 Å². The highest BCUT2D eigenvalue weighted by Crippen LogP contribution is 2.41. The van der Waals surface area contributed by atoms with Crippen molar-refractivity contribution in [3.05, 3.63) is 69.1 Å². The molecule has 41 heavy (non-hydrogen) atoms. The van der Waals surface area contributed by atoms with Gasteiger partial charge < -0.3 is 20.3 Å². The van der Waals surface area contributed by atoms with Crippen molar-refractivity contribution in [2.24, 2.45) is 16.1 Å². The van der Waals surface area contributed by atoms with Crippen molar-refractivity contribution in [2.75, 3.05) is 33.2 Å². The van der Waals surface area contributed by atoms with Gasteiger partial charge in [0.15, 0.2) is 0 Å². The normalized spacial score (nSPS) is 17.9. The van der Waals surface area contributed by atoms with E-state index in [1.807, 2.05) is 60.9 Å². The standard InChI is InChI=1S/C33H39ClN4O3/c1-23-6-12-26(34)22-28(23)27(29(35)36-5)13-9-24-7-10-25(11-8-24)30(39)37-18-14-33(15-19-37)16-20-38(21-17-33)31(40)41-32(2,3)4/h6-8,10-12,22H,1,14-21H2,2-5H3,(H2,35,36)/b28-27-. The topological polar surface area (TPSA) is 88.2 Å². The lowest BCUT2D eigenvalue weighted by atomic mass is 9.71. The van der Waals surface area contributed by atoms with Gasteiger partial charge in [0, 0.05) is 54.6 Å². The van der Waals surface area contributed by atoms with Crippen LogP contribution in [0, 0.1) is 17.3 Å². The summed E-state index contributed by atoms with van der Waals surface area (Å²) in [5, 5.41) is 2.05. The molecule has 0 saturated carbocycles. The summed E-state index contributed by atoms with van der Waals surface area (Å²) >= 11 is 6.19. The lowest BCUT2D eigenvalue weighted by Gasteiger charge is -2.46. The monoisotopic (exact) mass is 574 g/mol. The molecule has 0 aliphatic carbocycles.